The SMILES string of the molecule is Cc1cc(N2CCN(C)CC2)ccc1NC(=O)c1cccc(S(=O)(=O)NCC2CCCO2)c1. The summed E-state index contributed by atoms with van der Waals surface area (Å²) in [5.41, 5.74) is 3.10. The molecule has 0 radical (unpaired) electrons. The molecule has 4 rings (SSSR count). The standard InChI is InChI=1S/C24H32N4O4S/c1-18-15-20(28-12-10-27(2)11-13-28)8-9-23(18)26-24(29)19-5-3-7-22(16-19)33(30,31)25-17-21-6-4-14-32-21/h3,5,7-9,15-16,21,25H,4,6,10-14,17H2,1-2H3,(H,26,29). The van der Waals surface area contributed by atoms with Crippen LogP contribution >= 0.6 is 0 Å². The summed E-state index contributed by atoms with van der Waals surface area (Å²) in [4.78, 5) is 17.6. The Kier molecular flexibility index (Phi) is 7.33. The number of piperazine rings is 1. The third kappa shape index (κ3) is 5.92. The summed E-state index contributed by atoms with van der Waals surface area (Å²) in [5, 5.41) is 2.92. The van der Waals surface area contributed by atoms with Crippen LogP contribution in [0.15, 0.2) is 47.4 Å². The predicted molar refractivity (Wildman–Crippen MR) is 129 cm³/mol. The van der Waals surface area contributed by atoms with Crippen LogP contribution in [-0.4, -0.2) is 71.7 Å². The van der Waals surface area contributed by atoms with Gasteiger partial charge in [-0.3, -0.25) is 4.79 Å². The molecule has 2 saturated heterocycles. The molecular weight excluding hydrogens is 440 g/mol. The number of hydrogen-bond acceptors (Lipinski definition) is 6. The Balaban J connectivity index is 1.42. The highest BCUT2D eigenvalue weighted by Gasteiger charge is 2.21. The normalized spacial score (nSPS) is 19.6. The topological polar surface area (TPSA) is 91.0 Å². The van der Waals surface area contributed by atoms with Crippen molar-refractivity contribution in [1.82, 2.24) is 9.62 Å². The highest BCUT2D eigenvalue weighted by Crippen LogP contribution is 2.24. The van der Waals surface area contributed by atoms with Crippen molar-refractivity contribution in [3.8, 4) is 0 Å². The fraction of sp³-hybridized carbons (Fsp3) is 0.458. The third-order valence-corrected chi connectivity index (χ3v) is 7.68. The molecule has 2 aliphatic rings. The van der Waals surface area contributed by atoms with Crippen molar-refractivity contribution in [1.29, 1.82) is 0 Å². The zero-order valence-corrected chi connectivity index (χ0v) is 20.0. The second kappa shape index (κ2) is 10.2. The Morgan fingerprint density at radius 1 is 1.12 bits per heavy atom. The maximum atomic E-state index is 12.9. The molecule has 0 aromatic heterocycles. The molecular formula is C24H32N4O4S. The van der Waals surface area contributed by atoms with Crippen molar-refractivity contribution in [2.24, 2.45) is 0 Å². The summed E-state index contributed by atoms with van der Waals surface area (Å²) >= 11 is 0. The van der Waals surface area contributed by atoms with E-state index in [0.717, 1.165) is 50.3 Å². The lowest BCUT2D eigenvalue weighted by Crippen LogP contribution is -2.44. The molecule has 1 unspecified atom stereocenters. The zero-order valence-electron chi connectivity index (χ0n) is 19.2. The fourth-order valence-corrected chi connectivity index (χ4v) is 5.25. The van der Waals surface area contributed by atoms with Gasteiger partial charge in [0.1, 0.15) is 0 Å². The molecule has 1 atom stereocenters. The first kappa shape index (κ1) is 23.7. The Labute approximate surface area is 196 Å². The van der Waals surface area contributed by atoms with Gasteiger partial charge in [0.05, 0.1) is 11.0 Å². The summed E-state index contributed by atoms with van der Waals surface area (Å²) in [6, 6.07) is 12.1. The van der Waals surface area contributed by atoms with Crippen molar-refractivity contribution < 1.29 is 17.9 Å². The lowest BCUT2D eigenvalue weighted by molar-refractivity contribution is 0.102. The van der Waals surface area contributed by atoms with Crippen LogP contribution in [0.5, 0.6) is 0 Å². The van der Waals surface area contributed by atoms with Gasteiger partial charge in [0.25, 0.3) is 5.91 Å². The largest absolute Gasteiger partial charge is 0.377 e. The maximum Gasteiger partial charge on any atom is 0.255 e. The number of hydrogen-bond donors (Lipinski definition) is 2. The fourth-order valence-electron chi connectivity index (χ4n) is 4.14. The van der Waals surface area contributed by atoms with Gasteiger partial charge < -0.3 is 19.9 Å². The molecule has 33 heavy (non-hydrogen) atoms. The van der Waals surface area contributed by atoms with Crippen molar-refractivity contribution in [2.75, 3.05) is 56.6 Å². The van der Waals surface area contributed by atoms with Gasteiger partial charge in [-0.2, -0.15) is 0 Å². The van der Waals surface area contributed by atoms with Crippen molar-refractivity contribution in [3.05, 3.63) is 53.6 Å². The van der Waals surface area contributed by atoms with Crippen LogP contribution in [0, 0.1) is 6.92 Å². The average Bonchev–Trinajstić information content (AvgIpc) is 3.34. The number of nitrogens with zero attached hydrogens (tertiary/aromatic N) is 2. The Morgan fingerprint density at radius 3 is 2.61 bits per heavy atom. The number of likely N-dealkylation sites (N-methyl/N-ethyl adjacent to an activating group) is 1. The molecule has 2 heterocycles. The number of amides is 1. The molecule has 178 valence electrons. The summed E-state index contributed by atoms with van der Waals surface area (Å²) in [6.45, 7) is 6.87. The van der Waals surface area contributed by atoms with Crippen molar-refractivity contribution >= 4 is 27.3 Å². The van der Waals surface area contributed by atoms with E-state index in [2.05, 4.69) is 33.0 Å². The van der Waals surface area contributed by atoms with Crippen LogP contribution in [-0.2, 0) is 14.8 Å². The van der Waals surface area contributed by atoms with Gasteiger partial charge in [-0.15, -0.1) is 0 Å². The highest BCUT2D eigenvalue weighted by atomic mass is 32.2. The smallest absolute Gasteiger partial charge is 0.255 e. The van der Waals surface area contributed by atoms with Gasteiger partial charge >= 0.3 is 0 Å². The van der Waals surface area contributed by atoms with Crippen molar-refractivity contribution in [3.63, 3.8) is 0 Å². The molecule has 2 fully saturated rings. The molecule has 0 spiro atoms. The van der Waals surface area contributed by atoms with Crippen LogP contribution < -0.4 is 14.9 Å². The molecule has 2 N–H and O–H groups in total. The zero-order chi connectivity index (χ0) is 23.4. The molecule has 0 bridgehead atoms. The van der Waals surface area contributed by atoms with E-state index in [1.54, 1.807) is 12.1 Å². The lowest BCUT2D eigenvalue weighted by atomic mass is 10.1. The molecule has 2 aliphatic heterocycles. The first-order valence-electron chi connectivity index (χ1n) is 11.4. The molecule has 0 aliphatic carbocycles. The number of aryl methyl sites for hydroxylation is 1. The van der Waals surface area contributed by atoms with E-state index in [9.17, 15) is 13.2 Å². The van der Waals surface area contributed by atoms with E-state index < -0.39 is 10.0 Å². The van der Waals surface area contributed by atoms with E-state index in [-0.39, 0.29) is 29.0 Å². The summed E-state index contributed by atoms with van der Waals surface area (Å²) in [6.07, 6.45) is 1.69. The van der Waals surface area contributed by atoms with Gasteiger partial charge in [-0.25, -0.2) is 13.1 Å². The lowest BCUT2D eigenvalue weighted by Gasteiger charge is -2.34. The quantitative estimate of drug-likeness (QED) is 0.643. The predicted octanol–water partition coefficient (Wildman–Crippen LogP) is 2.46. The number of ether oxygens (including phenoxy) is 1. The first-order valence-corrected chi connectivity index (χ1v) is 12.9. The Morgan fingerprint density at radius 2 is 1.91 bits per heavy atom. The third-order valence-electron chi connectivity index (χ3n) is 6.26. The van der Waals surface area contributed by atoms with E-state index in [4.69, 9.17) is 4.74 Å². The summed E-state index contributed by atoms with van der Waals surface area (Å²) in [5.74, 6) is -0.346. The second-order valence-electron chi connectivity index (χ2n) is 8.76. The second-order valence-corrected chi connectivity index (χ2v) is 10.5. The van der Waals surface area contributed by atoms with Crippen LogP contribution in [0.2, 0.25) is 0 Å². The van der Waals surface area contributed by atoms with Gasteiger partial charge in [0, 0.05) is 56.3 Å². The van der Waals surface area contributed by atoms with Crippen molar-refractivity contribution in [2.45, 2.75) is 30.8 Å². The van der Waals surface area contributed by atoms with Gasteiger partial charge in [-0.05, 0) is 68.8 Å². The molecule has 2 aromatic carbocycles. The summed E-state index contributed by atoms with van der Waals surface area (Å²) < 4.78 is 33.4. The minimum absolute atomic E-state index is 0.0651. The van der Waals surface area contributed by atoms with E-state index in [0.29, 0.717) is 12.3 Å². The first-order chi connectivity index (χ1) is 15.8. The molecule has 9 heteroatoms. The van der Waals surface area contributed by atoms with Crippen LogP contribution in [0.1, 0.15) is 28.8 Å². The number of carbonyl (C=O) groups excluding carboxylic acids is 1. The number of carbonyl (C=O) groups is 1. The van der Waals surface area contributed by atoms with Crippen LogP contribution in [0.4, 0.5) is 11.4 Å². The molecule has 0 saturated carbocycles. The maximum absolute atomic E-state index is 12.9. The number of benzene rings is 2. The Hall–Kier alpha value is -2.46. The highest BCUT2D eigenvalue weighted by molar-refractivity contribution is 7.89. The van der Waals surface area contributed by atoms with E-state index in [1.165, 1.54) is 12.1 Å². The number of rotatable bonds is 7. The molecule has 2 aromatic rings. The monoisotopic (exact) mass is 472 g/mol. The summed E-state index contributed by atoms with van der Waals surface area (Å²) in [7, 11) is -1.60. The average molecular weight is 473 g/mol. The molecule has 8 nitrogen and oxygen atoms in total. The van der Waals surface area contributed by atoms with Crippen LogP contribution in [0.3, 0.4) is 0 Å². The minimum Gasteiger partial charge on any atom is -0.377 e. The number of anilines is 2. The van der Waals surface area contributed by atoms with Gasteiger partial charge in [0.2, 0.25) is 10.0 Å². The van der Waals surface area contributed by atoms with Gasteiger partial charge in [0.15, 0.2) is 0 Å². The van der Waals surface area contributed by atoms with E-state index in [1.807, 2.05) is 19.1 Å². The van der Waals surface area contributed by atoms with E-state index >= 15 is 0 Å². The Bertz CT molecular complexity index is 1090. The number of nitrogens with one attached hydrogen (secondary N) is 2. The minimum atomic E-state index is -3.73. The van der Waals surface area contributed by atoms with Crippen LogP contribution in [0.25, 0.3) is 0 Å². The van der Waals surface area contributed by atoms with Gasteiger partial charge in [-0.1, -0.05) is 6.07 Å². The number of sulfonamides is 1. The molecule has 1 amide bonds.